The quantitative estimate of drug-likeness (QED) is 0.655. The molecule has 158 valence electrons. The van der Waals surface area contributed by atoms with Crippen LogP contribution in [0.1, 0.15) is 13.3 Å². The summed E-state index contributed by atoms with van der Waals surface area (Å²) in [6, 6.07) is 15.7. The third kappa shape index (κ3) is 5.36. The molecule has 30 heavy (non-hydrogen) atoms. The smallest absolute Gasteiger partial charge is 0.326 e. The van der Waals surface area contributed by atoms with Gasteiger partial charge in [-0.2, -0.15) is 0 Å². The van der Waals surface area contributed by atoms with E-state index in [-0.39, 0.29) is 24.9 Å². The van der Waals surface area contributed by atoms with Crippen molar-refractivity contribution in [2.75, 3.05) is 48.0 Å². The fraction of sp³-hybridized carbons (Fsp3) is 0.318. The Bertz CT molecular complexity index is 888. The summed E-state index contributed by atoms with van der Waals surface area (Å²) in [5.41, 5.74) is 1.75. The van der Waals surface area contributed by atoms with Crippen molar-refractivity contribution in [1.82, 2.24) is 5.32 Å². The molecular formula is C22H26N4O4. The van der Waals surface area contributed by atoms with Crippen LogP contribution in [0.4, 0.5) is 21.9 Å². The zero-order valence-corrected chi connectivity index (χ0v) is 17.0. The van der Waals surface area contributed by atoms with E-state index in [1.54, 1.807) is 36.4 Å². The fourth-order valence-corrected chi connectivity index (χ4v) is 3.17. The molecule has 0 unspecified atom stereocenters. The highest BCUT2D eigenvalue weighted by atomic mass is 16.5. The summed E-state index contributed by atoms with van der Waals surface area (Å²) >= 11 is 0. The molecule has 0 radical (unpaired) electrons. The first-order valence-electron chi connectivity index (χ1n) is 9.97. The molecule has 0 spiro atoms. The van der Waals surface area contributed by atoms with Gasteiger partial charge in [-0.05, 0) is 37.6 Å². The van der Waals surface area contributed by atoms with Crippen LogP contribution >= 0.6 is 0 Å². The van der Waals surface area contributed by atoms with Crippen molar-refractivity contribution in [2.45, 2.75) is 13.3 Å². The summed E-state index contributed by atoms with van der Waals surface area (Å²) in [5.74, 6) is -0.571. The molecule has 8 heteroatoms. The van der Waals surface area contributed by atoms with Crippen molar-refractivity contribution >= 4 is 34.9 Å². The highest BCUT2D eigenvalue weighted by molar-refractivity contribution is 6.14. The molecule has 0 aliphatic carbocycles. The zero-order valence-electron chi connectivity index (χ0n) is 17.0. The lowest BCUT2D eigenvalue weighted by Gasteiger charge is -2.35. The van der Waals surface area contributed by atoms with Crippen LogP contribution in [-0.2, 0) is 14.3 Å². The van der Waals surface area contributed by atoms with Gasteiger partial charge in [0.2, 0.25) is 11.8 Å². The van der Waals surface area contributed by atoms with Crippen molar-refractivity contribution in [2.24, 2.45) is 0 Å². The van der Waals surface area contributed by atoms with E-state index in [0.717, 1.165) is 0 Å². The predicted octanol–water partition coefficient (Wildman–Crippen LogP) is 2.61. The molecule has 0 atom stereocenters. The number of carbonyl (C=O) groups excluding carboxylic acids is 3. The number of ether oxygens (including phenoxy) is 1. The monoisotopic (exact) mass is 410 g/mol. The van der Waals surface area contributed by atoms with Gasteiger partial charge >= 0.3 is 6.03 Å². The lowest BCUT2D eigenvalue weighted by Crippen LogP contribution is -2.52. The first-order chi connectivity index (χ1) is 14.6. The van der Waals surface area contributed by atoms with E-state index in [0.29, 0.717) is 43.2 Å². The minimum atomic E-state index is -0.401. The lowest BCUT2D eigenvalue weighted by molar-refractivity contribution is -0.123. The van der Waals surface area contributed by atoms with Gasteiger partial charge in [-0.1, -0.05) is 30.3 Å². The number of hydrogen-bond donors (Lipinski definition) is 2. The van der Waals surface area contributed by atoms with Gasteiger partial charge in [-0.25, -0.2) is 4.79 Å². The molecule has 3 rings (SSSR count). The van der Waals surface area contributed by atoms with Crippen molar-refractivity contribution < 1.29 is 19.1 Å². The number of nitrogens with zero attached hydrogens (tertiary/aromatic N) is 2. The third-order valence-corrected chi connectivity index (χ3v) is 4.62. The molecule has 0 saturated heterocycles. The maximum absolute atomic E-state index is 12.8. The van der Waals surface area contributed by atoms with Crippen LogP contribution < -0.4 is 20.4 Å². The molecule has 2 N–H and O–H groups in total. The summed E-state index contributed by atoms with van der Waals surface area (Å²) in [5, 5.41) is 5.60. The second-order valence-electron chi connectivity index (χ2n) is 6.75. The zero-order chi connectivity index (χ0) is 21.3. The topological polar surface area (TPSA) is 91.0 Å². The average Bonchev–Trinajstić information content (AvgIpc) is 2.76. The van der Waals surface area contributed by atoms with Gasteiger partial charge in [0, 0.05) is 25.4 Å². The maximum atomic E-state index is 12.8. The van der Waals surface area contributed by atoms with E-state index < -0.39 is 6.03 Å². The van der Waals surface area contributed by atoms with Crippen LogP contribution in [0.2, 0.25) is 0 Å². The maximum Gasteiger partial charge on any atom is 0.326 e. The first kappa shape index (κ1) is 21.3. The van der Waals surface area contributed by atoms with Crippen molar-refractivity contribution in [3.8, 4) is 0 Å². The minimum absolute atomic E-state index is 0.0986. The van der Waals surface area contributed by atoms with Crippen LogP contribution in [0.5, 0.6) is 0 Å². The average molecular weight is 410 g/mol. The standard InChI is InChI=1S/C22H26N4O4/c1-2-30-14-8-13-23-20(27)15-25-18-11-6-7-12-19(18)26(16-21(25)28)22(29)24-17-9-4-3-5-10-17/h3-7,9-12H,2,8,13-16H2,1H3,(H,23,27)(H,24,29). The number of fused-ring (bicyclic) bond motifs is 1. The molecule has 0 saturated carbocycles. The van der Waals surface area contributed by atoms with Gasteiger partial charge in [-0.3, -0.25) is 19.4 Å². The number of benzene rings is 2. The second kappa shape index (κ2) is 10.4. The summed E-state index contributed by atoms with van der Waals surface area (Å²) in [7, 11) is 0. The summed E-state index contributed by atoms with van der Waals surface area (Å²) in [6.07, 6.45) is 0.706. The van der Waals surface area contributed by atoms with Gasteiger partial charge < -0.3 is 15.4 Å². The molecule has 1 aliphatic heterocycles. The second-order valence-corrected chi connectivity index (χ2v) is 6.75. The molecule has 8 nitrogen and oxygen atoms in total. The Balaban J connectivity index is 1.68. The van der Waals surface area contributed by atoms with E-state index in [1.807, 2.05) is 25.1 Å². The van der Waals surface area contributed by atoms with Gasteiger partial charge in [0.25, 0.3) is 0 Å². The summed E-state index contributed by atoms with van der Waals surface area (Å²) in [4.78, 5) is 40.7. The highest BCUT2D eigenvalue weighted by Crippen LogP contribution is 2.33. The van der Waals surface area contributed by atoms with Gasteiger partial charge in [0.15, 0.2) is 0 Å². The third-order valence-electron chi connectivity index (χ3n) is 4.62. The number of carbonyl (C=O) groups is 3. The van der Waals surface area contributed by atoms with Crippen LogP contribution in [0.15, 0.2) is 54.6 Å². The molecule has 2 aromatic carbocycles. The number of nitrogens with one attached hydrogen (secondary N) is 2. The number of amides is 4. The number of para-hydroxylation sites is 3. The Labute approximate surface area is 175 Å². The Morgan fingerprint density at radius 3 is 2.47 bits per heavy atom. The highest BCUT2D eigenvalue weighted by Gasteiger charge is 2.33. The number of rotatable bonds is 8. The Hall–Kier alpha value is -3.39. The molecule has 1 aliphatic rings. The van der Waals surface area contributed by atoms with Crippen molar-refractivity contribution in [3.63, 3.8) is 0 Å². The molecule has 4 amide bonds. The predicted molar refractivity (Wildman–Crippen MR) is 116 cm³/mol. The van der Waals surface area contributed by atoms with E-state index in [1.165, 1.54) is 9.80 Å². The fourth-order valence-electron chi connectivity index (χ4n) is 3.17. The van der Waals surface area contributed by atoms with E-state index >= 15 is 0 Å². The van der Waals surface area contributed by atoms with Gasteiger partial charge in [-0.15, -0.1) is 0 Å². The Kier molecular flexibility index (Phi) is 7.40. The van der Waals surface area contributed by atoms with Crippen molar-refractivity contribution in [1.29, 1.82) is 0 Å². The van der Waals surface area contributed by atoms with Gasteiger partial charge in [0.05, 0.1) is 11.4 Å². The Morgan fingerprint density at radius 2 is 1.73 bits per heavy atom. The molecule has 0 fully saturated rings. The van der Waals surface area contributed by atoms with Gasteiger partial charge in [0.1, 0.15) is 13.1 Å². The normalized spacial score (nSPS) is 13.0. The Morgan fingerprint density at radius 1 is 1.03 bits per heavy atom. The van der Waals surface area contributed by atoms with Crippen LogP contribution in [0.25, 0.3) is 0 Å². The molecule has 1 heterocycles. The van der Waals surface area contributed by atoms with Crippen LogP contribution in [0.3, 0.4) is 0 Å². The minimum Gasteiger partial charge on any atom is -0.382 e. The van der Waals surface area contributed by atoms with E-state index in [9.17, 15) is 14.4 Å². The molecular weight excluding hydrogens is 384 g/mol. The first-order valence-corrected chi connectivity index (χ1v) is 9.97. The summed E-state index contributed by atoms with van der Waals surface area (Å²) in [6.45, 7) is 3.37. The number of hydrogen-bond acceptors (Lipinski definition) is 4. The SMILES string of the molecule is CCOCCCNC(=O)CN1C(=O)CN(C(=O)Nc2ccccc2)c2ccccc21. The molecule has 0 bridgehead atoms. The number of urea groups is 1. The summed E-state index contributed by atoms with van der Waals surface area (Å²) < 4.78 is 5.25. The van der Waals surface area contributed by atoms with Crippen LogP contribution in [-0.4, -0.2) is 50.7 Å². The largest absolute Gasteiger partial charge is 0.382 e. The van der Waals surface area contributed by atoms with E-state index in [2.05, 4.69) is 10.6 Å². The molecule has 0 aromatic heterocycles. The van der Waals surface area contributed by atoms with E-state index in [4.69, 9.17) is 4.74 Å². The lowest BCUT2D eigenvalue weighted by atomic mass is 10.1. The van der Waals surface area contributed by atoms with Crippen molar-refractivity contribution in [3.05, 3.63) is 54.6 Å². The molecule has 2 aromatic rings. The number of anilines is 3. The van der Waals surface area contributed by atoms with Crippen LogP contribution in [0, 0.1) is 0 Å².